The number of thioether (sulfide) groups is 1. The molecule has 0 aliphatic carbocycles. The Bertz CT molecular complexity index is 987. The number of benzene rings is 1. The molecule has 5 atom stereocenters. The summed E-state index contributed by atoms with van der Waals surface area (Å²) in [5.74, 6) is 0.0872. The number of carbonyl (C=O) groups excluding carboxylic acids is 1. The number of amidine groups is 1. The predicted octanol–water partition coefficient (Wildman–Crippen LogP) is 2.14. The zero-order valence-corrected chi connectivity index (χ0v) is 20.2. The monoisotopic (exact) mass is 473 g/mol. The number of ether oxygens (including phenoxy) is 2. The van der Waals surface area contributed by atoms with Gasteiger partial charge in [-0.1, -0.05) is 49.9 Å². The molecule has 10 heteroatoms. The first-order valence-corrected chi connectivity index (χ1v) is 12.0. The Labute approximate surface area is 197 Å². The summed E-state index contributed by atoms with van der Waals surface area (Å²) in [6, 6.07) is 7.68. The number of carbonyl (C=O) groups is 1. The summed E-state index contributed by atoms with van der Waals surface area (Å²) in [6.07, 6.45) is 1.15. The van der Waals surface area contributed by atoms with E-state index < -0.39 is 18.1 Å². The Hall–Kier alpha value is -2.43. The van der Waals surface area contributed by atoms with Crippen LogP contribution in [0, 0.1) is 5.92 Å². The van der Waals surface area contributed by atoms with Crippen LogP contribution in [0.5, 0.6) is 5.75 Å². The largest absolute Gasteiger partial charge is 0.487 e. The van der Waals surface area contributed by atoms with Crippen LogP contribution in [-0.4, -0.2) is 61.8 Å². The van der Waals surface area contributed by atoms with Crippen LogP contribution in [0.25, 0.3) is 0 Å². The molecule has 2 saturated heterocycles. The Kier molecular flexibility index (Phi) is 7.06. The molecule has 0 amide bonds. The van der Waals surface area contributed by atoms with Crippen molar-refractivity contribution in [3.8, 4) is 5.75 Å². The minimum absolute atomic E-state index is 0.0901. The maximum atomic E-state index is 11.7. The number of aliphatic imine (C=N–C) groups is 1. The molecule has 1 aromatic heterocycles. The van der Waals surface area contributed by atoms with Crippen molar-refractivity contribution in [3.05, 3.63) is 41.7 Å². The first-order chi connectivity index (χ1) is 15.8. The van der Waals surface area contributed by atoms with Gasteiger partial charge in [0, 0.05) is 6.54 Å². The number of aliphatic hydroxyl groups excluding tert-OH is 1. The van der Waals surface area contributed by atoms with Gasteiger partial charge in [0.2, 0.25) is 0 Å². The van der Waals surface area contributed by atoms with Crippen LogP contribution in [-0.2, 0) is 28.1 Å². The van der Waals surface area contributed by atoms with Crippen molar-refractivity contribution in [2.45, 2.75) is 69.9 Å². The summed E-state index contributed by atoms with van der Waals surface area (Å²) in [5, 5.41) is 23.0. The Morgan fingerprint density at radius 1 is 1.33 bits per heavy atom. The zero-order valence-electron chi connectivity index (χ0n) is 19.3. The summed E-state index contributed by atoms with van der Waals surface area (Å²) in [4.78, 5) is 16.1. The first-order valence-electron chi connectivity index (χ1n) is 11.2. The normalized spacial score (nSPS) is 28.4. The molecule has 9 nitrogen and oxygen atoms in total. The van der Waals surface area contributed by atoms with E-state index in [2.05, 4.69) is 53.5 Å². The molecule has 5 unspecified atom stereocenters. The van der Waals surface area contributed by atoms with E-state index in [1.54, 1.807) is 10.9 Å². The van der Waals surface area contributed by atoms with Gasteiger partial charge in [-0.15, -0.1) is 5.10 Å². The molecule has 0 bridgehead atoms. The molecule has 2 aliphatic heterocycles. The summed E-state index contributed by atoms with van der Waals surface area (Å²) >= 11 is 1.44. The second-order valence-corrected chi connectivity index (χ2v) is 10.4. The Balaban J connectivity index is 1.36. The number of aldehydes is 1. The highest BCUT2D eigenvalue weighted by molar-refractivity contribution is 8.14. The van der Waals surface area contributed by atoms with Crippen molar-refractivity contribution < 1.29 is 19.4 Å². The lowest BCUT2D eigenvalue weighted by Gasteiger charge is -2.38. The third kappa shape index (κ3) is 5.39. The average Bonchev–Trinajstić information content (AvgIpc) is 3.39. The average molecular weight is 474 g/mol. The molecule has 0 saturated carbocycles. The maximum absolute atomic E-state index is 11.7. The van der Waals surface area contributed by atoms with E-state index in [0.717, 1.165) is 17.2 Å². The summed E-state index contributed by atoms with van der Waals surface area (Å²) in [6.45, 7) is 9.68. The second kappa shape index (κ2) is 9.82. The third-order valence-corrected chi connectivity index (χ3v) is 6.94. The minimum atomic E-state index is -0.870. The SMILES string of the molecule is CCN=C1NC2C(OC(Cn3cc(COc4ccc(C(C)(C)C)cc4)nn3)C(C=O)C2O)S1. The molecule has 1 aromatic carbocycles. The topological polar surface area (TPSA) is 111 Å². The second-order valence-electron chi connectivity index (χ2n) is 9.31. The van der Waals surface area contributed by atoms with Crippen molar-refractivity contribution in [2.75, 3.05) is 6.54 Å². The van der Waals surface area contributed by atoms with Gasteiger partial charge in [-0.2, -0.15) is 0 Å². The fourth-order valence-electron chi connectivity index (χ4n) is 3.96. The molecule has 2 aromatic rings. The van der Waals surface area contributed by atoms with E-state index >= 15 is 0 Å². The first kappa shape index (κ1) is 23.7. The highest BCUT2D eigenvalue weighted by Crippen LogP contribution is 2.36. The number of hydrogen-bond acceptors (Lipinski definition) is 8. The number of rotatable bonds is 7. The number of fused-ring (bicyclic) bond motifs is 1. The standard InChI is InChI=1S/C23H31N5O4S/c1-5-24-22-25-19-20(30)17(12-29)18(32-21(19)33-22)11-28-10-15(26-27-28)13-31-16-8-6-14(7-9-16)23(2,3)4/h6-10,12,17-21,30H,5,11,13H2,1-4H3,(H,24,25). The molecule has 2 fully saturated rings. The molecule has 33 heavy (non-hydrogen) atoms. The number of aliphatic hydroxyl groups is 1. The number of hydrogen-bond donors (Lipinski definition) is 2. The smallest absolute Gasteiger partial charge is 0.159 e. The predicted molar refractivity (Wildman–Crippen MR) is 126 cm³/mol. The van der Waals surface area contributed by atoms with Crippen LogP contribution in [0.4, 0.5) is 0 Å². The van der Waals surface area contributed by atoms with Crippen molar-refractivity contribution in [3.63, 3.8) is 0 Å². The van der Waals surface area contributed by atoms with Crippen molar-refractivity contribution >= 4 is 23.2 Å². The van der Waals surface area contributed by atoms with Gasteiger partial charge in [-0.05, 0) is 30.0 Å². The highest BCUT2D eigenvalue weighted by atomic mass is 32.2. The molecule has 2 aliphatic rings. The Morgan fingerprint density at radius 2 is 2.09 bits per heavy atom. The molecular formula is C23H31N5O4S. The number of nitrogens with one attached hydrogen (secondary N) is 1. The molecule has 178 valence electrons. The summed E-state index contributed by atoms with van der Waals surface area (Å²) < 4.78 is 13.6. The van der Waals surface area contributed by atoms with Crippen LogP contribution in [0.1, 0.15) is 39.0 Å². The van der Waals surface area contributed by atoms with Gasteiger partial charge in [-0.3, -0.25) is 4.99 Å². The lowest BCUT2D eigenvalue weighted by atomic mass is 9.87. The van der Waals surface area contributed by atoms with E-state index in [9.17, 15) is 9.90 Å². The van der Waals surface area contributed by atoms with E-state index in [-0.39, 0.29) is 23.5 Å². The Morgan fingerprint density at radius 3 is 2.76 bits per heavy atom. The van der Waals surface area contributed by atoms with Crippen LogP contribution in [0.15, 0.2) is 35.5 Å². The van der Waals surface area contributed by atoms with Gasteiger partial charge in [0.05, 0.1) is 36.9 Å². The van der Waals surface area contributed by atoms with Gasteiger partial charge in [-0.25, -0.2) is 4.68 Å². The van der Waals surface area contributed by atoms with E-state index in [1.807, 2.05) is 19.1 Å². The van der Waals surface area contributed by atoms with Crippen molar-refractivity contribution in [1.82, 2.24) is 20.3 Å². The van der Waals surface area contributed by atoms with Crippen molar-refractivity contribution in [2.24, 2.45) is 10.9 Å². The van der Waals surface area contributed by atoms with Gasteiger partial charge in [0.15, 0.2) is 5.17 Å². The lowest BCUT2D eigenvalue weighted by Crippen LogP contribution is -2.57. The van der Waals surface area contributed by atoms with E-state index in [1.165, 1.54) is 17.3 Å². The van der Waals surface area contributed by atoms with Gasteiger partial charge >= 0.3 is 0 Å². The molecule has 2 N–H and O–H groups in total. The van der Waals surface area contributed by atoms with Crippen LogP contribution in [0.2, 0.25) is 0 Å². The van der Waals surface area contributed by atoms with Crippen molar-refractivity contribution in [1.29, 1.82) is 0 Å². The zero-order chi connectivity index (χ0) is 23.6. The van der Waals surface area contributed by atoms with Gasteiger partial charge in [0.25, 0.3) is 0 Å². The fraction of sp³-hybridized carbons (Fsp3) is 0.565. The summed E-state index contributed by atoms with van der Waals surface area (Å²) in [5.41, 5.74) is 1.69. The van der Waals surface area contributed by atoms with Crippen LogP contribution >= 0.6 is 11.8 Å². The minimum Gasteiger partial charge on any atom is -0.487 e. The molecular weight excluding hydrogens is 442 g/mol. The lowest BCUT2D eigenvalue weighted by molar-refractivity contribution is -0.143. The molecule has 3 heterocycles. The summed E-state index contributed by atoms with van der Waals surface area (Å²) in [7, 11) is 0. The highest BCUT2D eigenvalue weighted by Gasteiger charge is 2.49. The fourth-order valence-corrected chi connectivity index (χ4v) is 5.16. The quantitative estimate of drug-likeness (QED) is 0.589. The van der Waals surface area contributed by atoms with Crippen LogP contribution < -0.4 is 10.1 Å². The van der Waals surface area contributed by atoms with Crippen LogP contribution in [0.3, 0.4) is 0 Å². The molecule has 0 radical (unpaired) electrons. The molecule has 4 rings (SSSR count). The van der Waals surface area contributed by atoms with Gasteiger partial charge < -0.3 is 24.7 Å². The van der Waals surface area contributed by atoms with E-state index in [0.29, 0.717) is 18.8 Å². The van der Waals surface area contributed by atoms with Gasteiger partial charge in [0.1, 0.15) is 29.8 Å². The number of aromatic nitrogens is 3. The third-order valence-electron chi connectivity index (χ3n) is 5.83. The molecule has 0 spiro atoms. The maximum Gasteiger partial charge on any atom is 0.159 e. The van der Waals surface area contributed by atoms with E-state index in [4.69, 9.17) is 9.47 Å². The number of nitrogens with zero attached hydrogens (tertiary/aromatic N) is 4.